The number of anilines is 1. The average molecular weight is 372 g/mol. The first kappa shape index (κ1) is 19.0. The highest BCUT2D eigenvalue weighted by atomic mass is 35.5. The lowest BCUT2D eigenvalue weighted by molar-refractivity contribution is -0.136. The number of nitrogens with zero attached hydrogens (tertiary/aromatic N) is 2. The Morgan fingerprint density at radius 3 is 2.71 bits per heavy atom. The number of halogens is 2. The second-order valence-electron chi connectivity index (χ2n) is 6.36. The van der Waals surface area contributed by atoms with Crippen LogP contribution in [0.3, 0.4) is 0 Å². The van der Waals surface area contributed by atoms with Crippen molar-refractivity contribution >= 4 is 40.7 Å². The van der Waals surface area contributed by atoms with Crippen LogP contribution in [0.4, 0.5) is 5.69 Å². The summed E-state index contributed by atoms with van der Waals surface area (Å²) in [4.78, 5) is 28.4. The van der Waals surface area contributed by atoms with Crippen LogP contribution < -0.4 is 5.32 Å². The van der Waals surface area contributed by atoms with Crippen LogP contribution >= 0.6 is 23.2 Å². The summed E-state index contributed by atoms with van der Waals surface area (Å²) in [5, 5.41) is 3.78. The number of carbonyl (C=O) groups excluding carboxylic acids is 2. The van der Waals surface area contributed by atoms with Crippen molar-refractivity contribution in [1.82, 2.24) is 9.80 Å². The van der Waals surface area contributed by atoms with Crippen molar-refractivity contribution in [3.8, 4) is 0 Å². The smallest absolute Gasteiger partial charge is 0.241 e. The normalized spacial score (nSPS) is 19.6. The van der Waals surface area contributed by atoms with Crippen LogP contribution in [0.1, 0.15) is 19.8 Å². The monoisotopic (exact) mass is 371 g/mol. The molecule has 1 aromatic rings. The summed E-state index contributed by atoms with van der Waals surface area (Å²) in [7, 11) is 3.52. The van der Waals surface area contributed by atoms with Crippen LogP contribution in [0.2, 0.25) is 10.0 Å². The lowest BCUT2D eigenvalue weighted by atomic mass is 9.95. The molecule has 7 heteroatoms. The summed E-state index contributed by atoms with van der Waals surface area (Å²) in [6, 6.07) is 4.60. The highest BCUT2D eigenvalue weighted by molar-refractivity contribution is 6.35. The van der Waals surface area contributed by atoms with E-state index in [1.165, 1.54) is 0 Å². The summed E-state index contributed by atoms with van der Waals surface area (Å²) in [6.45, 7) is 3.24. The molecule has 0 bridgehead atoms. The standard InChI is InChI=1S/C17H23Cl2N3O2/c1-11(16(23)20-15-9-13(18)6-7-14(15)19)22-8-4-5-12(10-22)17(24)21(2)3/h6-7,9,11-12H,4-5,8,10H2,1-3H3,(H,20,23). The van der Waals surface area contributed by atoms with E-state index in [0.29, 0.717) is 22.3 Å². The van der Waals surface area contributed by atoms with Gasteiger partial charge in [-0.1, -0.05) is 23.2 Å². The SMILES string of the molecule is CC(C(=O)Nc1cc(Cl)ccc1Cl)N1CCCC(C(=O)N(C)C)C1. The zero-order valence-corrected chi connectivity index (χ0v) is 15.7. The minimum atomic E-state index is -0.349. The van der Waals surface area contributed by atoms with Gasteiger partial charge in [0.2, 0.25) is 11.8 Å². The molecule has 1 heterocycles. The van der Waals surface area contributed by atoms with Crippen LogP contribution in [-0.4, -0.2) is 54.8 Å². The minimum Gasteiger partial charge on any atom is -0.349 e. The van der Waals surface area contributed by atoms with Crippen LogP contribution in [0.15, 0.2) is 18.2 Å². The lowest BCUT2D eigenvalue weighted by Gasteiger charge is -2.36. The molecule has 1 N–H and O–H groups in total. The zero-order valence-electron chi connectivity index (χ0n) is 14.2. The van der Waals surface area contributed by atoms with Gasteiger partial charge in [0.1, 0.15) is 0 Å². The highest BCUT2D eigenvalue weighted by Gasteiger charge is 2.31. The fourth-order valence-electron chi connectivity index (χ4n) is 2.92. The third kappa shape index (κ3) is 4.62. The number of hydrogen-bond acceptors (Lipinski definition) is 3. The van der Waals surface area contributed by atoms with Gasteiger partial charge in [-0.25, -0.2) is 0 Å². The van der Waals surface area contributed by atoms with E-state index in [9.17, 15) is 9.59 Å². The molecular formula is C17H23Cl2N3O2. The van der Waals surface area contributed by atoms with Gasteiger partial charge in [0.15, 0.2) is 0 Å². The van der Waals surface area contributed by atoms with Gasteiger partial charge in [0, 0.05) is 25.7 Å². The van der Waals surface area contributed by atoms with E-state index < -0.39 is 0 Å². The number of amides is 2. The fourth-order valence-corrected chi connectivity index (χ4v) is 3.26. The molecule has 2 rings (SSSR count). The van der Waals surface area contributed by atoms with Crippen molar-refractivity contribution in [3.63, 3.8) is 0 Å². The first-order chi connectivity index (χ1) is 11.3. The van der Waals surface area contributed by atoms with Gasteiger partial charge in [-0.15, -0.1) is 0 Å². The number of hydrogen-bond donors (Lipinski definition) is 1. The predicted octanol–water partition coefficient (Wildman–Crippen LogP) is 3.12. The number of nitrogens with one attached hydrogen (secondary N) is 1. The highest BCUT2D eigenvalue weighted by Crippen LogP contribution is 2.26. The average Bonchev–Trinajstić information content (AvgIpc) is 2.56. The van der Waals surface area contributed by atoms with E-state index in [1.807, 2.05) is 11.8 Å². The Labute approximate surface area is 152 Å². The third-order valence-electron chi connectivity index (χ3n) is 4.36. The number of piperidine rings is 1. The molecule has 1 aromatic carbocycles. The van der Waals surface area contributed by atoms with E-state index in [-0.39, 0.29) is 23.8 Å². The molecule has 0 aromatic heterocycles. The van der Waals surface area contributed by atoms with Gasteiger partial charge in [0.25, 0.3) is 0 Å². The van der Waals surface area contributed by atoms with Crippen molar-refractivity contribution in [1.29, 1.82) is 0 Å². The molecule has 1 saturated heterocycles. The summed E-state index contributed by atoms with van der Waals surface area (Å²) in [6.07, 6.45) is 1.77. The zero-order chi connectivity index (χ0) is 17.9. The molecular weight excluding hydrogens is 349 g/mol. The molecule has 1 aliphatic heterocycles. The van der Waals surface area contributed by atoms with Crippen LogP contribution in [-0.2, 0) is 9.59 Å². The fraction of sp³-hybridized carbons (Fsp3) is 0.529. The lowest BCUT2D eigenvalue weighted by Crippen LogP contribution is -2.49. The first-order valence-corrected chi connectivity index (χ1v) is 8.76. The molecule has 2 atom stereocenters. The van der Waals surface area contributed by atoms with Crippen LogP contribution in [0, 0.1) is 5.92 Å². The van der Waals surface area contributed by atoms with Gasteiger partial charge in [-0.05, 0) is 44.5 Å². The van der Waals surface area contributed by atoms with Gasteiger partial charge < -0.3 is 10.2 Å². The Morgan fingerprint density at radius 2 is 2.04 bits per heavy atom. The molecule has 132 valence electrons. The summed E-state index contributed by atoms with van der Waals surface area (Å²) in [5.74, 6) is -0.0962. The van der Waals surface area contributed by atoms with E-state index in [4.69, 9.17) is 23.2 Å². The molecule has 2 amide bonds. The topological polar surface area (TPSA) is 52.7 Å². The van der Waals surface area contributed by atoms with E-state index >= 15 is 0 Å². The molecule has 5 nitrogen and oxygen atoms in total. The van der Waals surface area contributed by atoms with Crippen LogP contribution in [0.5, 0.6) is 0 Å². The Morgan fingerprint density at radius 1 is 1.33 bits per heavy atom. The predicted molar refractivity (Wildman–Crippen MR) is 97.5 cm³/mol. The van der Waals surface area contributed by atoms with Gasteiger partial charge >= 0.3 is 0 Å². The molecule has 0 aliphatic carbocycles. The second-order valence-corrected chi connectivity index (χ2v) is 7.20. The van der Waals surface area contributed by atoms with Gasteiger partial charge in [-0.2, -0.15) is 0 Å². The maximum absolute atomic E-state index is 12.5. The van der Waals surface area contributed by atoms with Crippen molar-refractivity contribution < 1.29 is 9.59 Å². The Kier molecular flexibility index (Phi) is 6.49. The molecule has 2 unspecified atom stereocenters. The van der Waals surface area contributed by atoms with E-state index in [1.54, 1.807) is 37.2 Å². The van der Waals surface area contributed by atoms with Crippen molar-refractivity contribution in [3.05, 3.63) is 28.2 Å². The van der Waals surface area contributed by atoms with E-state index in [2.05, 4.69) is 5.32 Å². The Hall–Kier alpha value is -1.30. The number of carbonyl (C=O) groups is 2. The molecule has 0 spiro atoms. The second kappa shape index (κ2) is 8.19. The summed E-state index contributed by atoms with van der Waals surface area (Å²) < 4.78 is 0. The van der Waals surface area contributed by atoms with Crippen LogP contribution in [0.25, 0.3) is 0 Å². The van der Waals surface area contributed by atoms with Crippen molar-refractivity contribution in [2.24, 2.45) is 5.92 Å². The van der Waals surface area contributed by atoms with E-state index in [0.717, 1.165) is 19.4 Å². The molecule has 0 radical (unpaired) electrons. The quantitative estimate of drug-likeness (QED) is 0.884. The number of likely N-dealkylation sites (tertiary alicyclic amines) is 1. The first-order valence-electron chi connectivity index (χ1n) is 8.00. The van der Waals surface area contributed by atoms with Gasteiger partial charge in [0.05, 0.1) is 22.7 Å². The number of benzene rings is 1. The summed E-state index contributed by atoms with van der Waals surface area (Å²) >= 11 is 12.0. The van der Waals surface area contributed by atoms with Crippen molar-refractivity contribution in [2.75, 3.05) is 32.5 Å². The Bertz CT molecular complexity index is 622. The minimum absolute atomic E-state index is 0.0567. The largest absolute Gasteiger partial charge is 0.349 e. The molecule has 1 aliphatic rings. The Balaban J connectivity index is 2.02. The molecule has 0 saturated carbocycles. The summed E-state index contributed by atoms with van der Waals surface area (Å²) in [5.41, 5.74) is 0.499. The molecule has 24 heavy (non-hydrogen) atoms. The molecule has 1 fully saturated rings. The van der Waals surface area contributed by atoms with Crippen molar-refractivity contribution in [2.45, 2.75) is 25.8 Å². The van der Waals surface area contributed by atoms with Gasteiger partial charge in [-0.3, -0.25) is 14.5 Å². The maximum atomic E-state index is 12.5. The number of rotatable bonds is 4. The third-order valence-corrected chi connectivity index (χ3v) is 4.92. The maximum Gasteiger partial charge on any atom is 0.241 e.